The van der Waals surface area contributed by atoms with Crippen molar-refractivity contribution in [3.05, 3.63) is 94.7 Å². The molecule has 0 amide bonds. The summed E-state index contributed by atoms with van der Waals surface area (Å²) in [5.74, 6) is 1.24. The van der Waals surface area contributed by atoms with Crippen molar-refractivity contribution in [1.29, 1.82) is 0 Å². The van der Waals surface area contributed by atoms with Gasteiger partial charge in [0.1, 0.15) is 5.57 Å². The first-order chi connectivity index (χ1) is 15.9. The van der Waals surface area contributed by atoms with Gasteiger partial charge in [-0.15, -0.1) is 0 Å². The standard InChI is InChI=1S/C31H36N2/c1-20(2)17-23-12-10-13-24(18-21(3)4)29(23)28-19-32(6)33-30-22(5)11-9-16-26(30)25-14-7-8-15-27(25)31(28)33/h7-16,19-21,31H,17-18H2,1-6H3/q+2. The number of fused-ring (bicyclic) bond motifs is 6. The lowest BCUT2D eigenvalue weighted by molar-refractivity contribution is -0.954. The molecule has 2 nitrogen and oxygen atoms in total. The van der Waals surface area contributed by atoms with E-state index in [1.807, 2.05) is 0 Å². The fourth-order valence-corrected chi connectivity index (χ4v) is 5.84. The van der Waals surface area contributed by atoms with Crippen LogP contribution < -0.4 is 0 Å². The summed E-state index contributed by atoms with van der Waals surface area (Å²) in [6.45, 7) is 11.6. The number of rotatable bonds is 5. The molecule has 0 saturated carbocycles. The van der Waals surface area contributed by atoms with Crippen LogP contribution in [0.15, 0.2) is 66.9 Å². The zero-order valence-corrected chi connectivity index (χ0v) is 20.9. The minimum Gasteiger partial charge on any atom is -0.0625 e. The van der Waals surface area contributed by atoms with E-state index in [-0.39, 0.29) is 6.04 Å². The molecule has 0 aliphatic carbocycles. The highest BCUT2D eigenvalue weighted by Gasteiger charge is 2.50. The first-order valence-corrected chi connectivity index (χ1v) is 12.4. The lowest BCUT2D eigenvalue weighted by Gasteiger charge is -2.23. The lowest BCUT2D eigenvalue weighted by atomic mass is 9.80. The topological polar surface area (TPSA) is 6.02 Å². The highest BCUT2D eigenvalue weighted by atomic mass is 15.4. The van der Waals surface area contributed by atoms with Crippen LogP contribution in [-0.4, -0.2) is 16.4 Å². The molecule has 2 aliphatic rings. The molecular weight excluding hydrogens is 400 g/mol. The third-order valence-corrected chi connectivity index (χ3v) is 7.00. The van der Waals surface area contributed by atoms with Crippen LogP contribution in [0.5, 0.6) is 0 Å². The summed E-state index contributed by atoms with van der Waals surface area (Å²) in [6.07, 6.45) is 4.60. The molecule has 5 rings (SSSR count). The number of hydrogen-bond donors (Lipinski definition) is 0. The van der Waals surface area contributed by atoms with Crippen molar-refractivity contribution in [3.8, 4) is 11.1 Å². The van der Waals surface area contributed by atoms with Gasteiger partial charge in [-0.1, -0.05) is 82.3 Å². The van der Waals surface area contributed by atoms with Crippen LogP contribution in [0, 0.1) is 18.8 Å². The minimum atomic E-state index is 0.194. The van der Waals surface area contributed by atoms with Gasteiger partial charge in [0.25, 0.3) is 11.7 Å². The zero-order valence-electron chi connectivity index (χ0n) is 20.9. The second-order valence-corrected chi connectivity index (χ2v) is 10.6. The van der Waals surface area contributed by atoms with Crippen molar-refractivity contribution < 1.29 is 9.39 Å². The maximum atomic E-state index is 2.52. The smallest absolute Gasteiger partial charge is 0.0625 e. The van der Waals surface area contributed by atoms with Gasteiger partial charge in [0, 0.05) is 20.5 Å². The molecule has 0 aromatic heterocycles. The molecule has 0 spiro atoms. The van der Waals surface area contributed by atoms with Gasteiger partial charge in [-0.25, -0.2) is 0 Å². The fraction of sp³-hybridized carbons (Fsp3) is 0.355. The first kappa shape index (κ1) is 21.8. The van der Waals surface area contributed by atoms with Crippen LogP contribution in [-0.2, 0) is 12.8 Å². The van der Waals surface area contributed by atoms with E-state index in [1.54, 1.807) is 0 Å². The minimum absolute atomic E-state index is 0.194. The second-order valence-electron chi connectivity index (χ2n) is 10.6. The summed E-state index contributed by atoms with van der Waals surface area (Å²) < 4.78 is 4.85. The van der Waals surface area contributed by atoms with Crippen LogP contribution in [0.25, 0.3) is 16.7 Å². The van der Waals surface area contributed by atoms with Crippen molar-refractivity contribution >= 4 is 11.3 Å². The van der Waals surface area contributed by atoms with Crippen molar-refractivity contribution in [2.75, 3.05) is 7.05 Å². The number of para-hydroxylation sites is 1. The summed E-state index contributed by atoms with van der Waals surface area (Å²) in [5.41, 5.74) is 12.6. The SMILES string of the molecule is Cc1cccc2c1[N+]1=[N+](C)C=C(c3c(CC(C)C)cccc3CC(C)C)C1c1ccccc1-2. The molecule has 1 unspecified atom stereocenters. The molecule has 0 N–H and O–H groups in total. The predicted octanol–water partition coefficient (Wildman–Crippen LogP) is 7.91. The lowest BCUT2D eigenvalue weighted by Crippen LogP contribution is -2.23. The Morgan fingerprint density at radius 2 is 1.36 bits per heavy atom. The molecule has 2 heteroatoms. The Morgan fingerprint density at radius 3 is 2.03 bits per heavy atom. The van der Waals surface area contributed by atoms with E-state index >= 15 is 0 Å². The van der Waals surface area contributed by atoms with Gasteiger partial charge < -0.3 is 0 Å². The number of azo groups is 4. The molecule has 3 aromatic carbocycles. The molecule has 0 saturated heterocycles. The van der Waals surface area contributed by atoms with Crippen molar-refractivity contribution in [1.82, 2.24) is 0 Å². The van der Waals surface area contributed by atoms with Crippen LogP contribution in [0.4, 0.5) is 5.69 Å². The summed E-state index contributed by atoms with van der Waals surface area (Å²) in [7, 11) is 2.21. The highest BCUT2D eigenvalue weighted by molar-refractivity contribution is 5.85. The monoisotopic (exact) mass is 436 g/mol. The van der Waals surface area contributed by atoms with Crippen LogP contribution in [0.3, 0.4) is 0 Å². The summed E-state index contributed by atoms with van der Waals surface area (Å²) >= 11 is 0. The molecule has 0 fully saturated rings. The third kappa shape index (κ3) is 3.66. The molecule has 33 heavy (non-hydrogen) atoms. The number of hydrogen-bond acceptors (Lipinski definition) is 0. The summed E-state index contributed by atoms with van der Waals surface area (Å²) in [4.78, 5) is 0. The molecule has 2 aliphatic heterocycles. The summed E-state index contributed by atoms with van der Waals surface area (Å²) in [5, 5.41) is 0. The largest absolute Gasteiger partial charge is 0.281 e. The first-order valence-electron chi connectivity index (χ1n) is 12.4. The van der Waals surface area contributed by atoms with E-state index in [4.69, 9.17) is 0 Å². The van der Waals surface area contributed by atoms with E-state index in [1.165, 1.54) is 50.2 Å². The maximum Gasteiger partial charge on any atom is 0.281 e. The van der Waals surface area contributed by atoms with Gasteiger partial charge in [-0.3, -0.25) is 0 Å². The van der Waals surface area contributed by atoms with Gasteiger partial charge in [-0.2, -0.15) is 0 Å². The van der Waals surface area contributed by atoms with E-state index < -0.39 is 0 Å². The highest BCUT2D eigenvalue weighted by Crippen LogP contribution is 2.52. The van der Waals surface area contributed by atoms with Crippen molar-refractivity contribution in [2.24, 2.45) is 11.8 Å². The molecule has 3 aromatic rings. The zero-order chi connectivity index (χ0) is 23.3. The normalized spacial score (nSPS) is 16.7. The van der Waals surface area contributed by atoms with Crippen molar-refractivity contribution in [2.45, 2.75) is 53.5 Å². The molecular formula is C31H36N2+2. The van der Waals surface area contributed by atoms with E-state index in [0.717, 1.165) is 12.8 Å². The van der Waals surface area contributed by atoms with Gasteiger partial charge in [0.05, 0.1) is 5.56 Å². The van der Waals surface area contributed by atoms with Gasteiger partial charge in [0.15, 0.2) is 0 Å². The molecule has 0 bridgehead atoms. The molecule has 0 radical (unpaired) electrons. The molecule has 1 atom stereocenters. The second kappa shape index (κ2) is 8.41. The third-order valence-electron chi connectivity index (χ3n) is 7.00. The van der Waals surface area contributed by atoms with Gasteiger partial charge >= 0.3 is 0 Å². The fourth-order valence-electron chi connectivity index (χ4n) is 5.84. The molecule has 2 heterocycles. The Bertz CT molecular complexity index is 1260. The van der Waals surface area contributed by atoms with Crippen LogP contribution in [0.2, 0.25) is 0 Å². The van der Waals surface area contributed by atoms with Crippen molar-refractivity contribution in [3.63, 3.8) is 0 Å². The Balaban J connectivity index is 1.77. The Hall–Kier alpha value is -3.00. The van der Waals surface area contributed by atoms with E-state index in [9.17, 15) is 0 Å². The quantitative estimate of drug-likeness (QED) is 0.358. The number of aryl methyl sites for hydroxylation is 1. The Labute approximate surface area is 198 Å². The average molecular weight is 437 g/mol. The van der Waals surface area contributed by atoms with Crippen LogP contribution in [0.1, 0.15) is 61.6 Å². The van der Waals surface area contributed by atoms with Crippen LogP contribution >= 0.6 is 0 Å². The number of nitrogens with zero attached hydrogens (tertiary/aromatic N) is 2. The predicted molar refractivity (Wildman–Crippen MR) is 137 cm³/mol. The maximum absolute atomic E-state index is 2.52. The Morgan fingerprint density at radius 1 is 0.758 bits per heavy atom. The number of benzene rings is 3. The van der Waals surface area contributed by atoms with Gasteiger partial charge in [0.2, 0.25) is 13.2 Å². The molecule has 168 valence electrons. The average Bonchev–Trinajstić information content (AvgIpc) is 3.10. The van der Waals surface area contributed by atoms with E-state index in [0.29, 0.717) is 11.8 Å². The van der Waals surface area contributed by atoms with Gasteiger partial charge in [-0.05, 0) is 59.9 Å². The summed E-state index contributed by atoms with van der Waals surface area (Å²) in [6, 6.07) is 22.9. The van der Waals surface area contributed by atoms with E-state index in [2.05, 4.69) is 118 Å². The Kier molecular flexibility index (Phi) is 5.56.